The molecule has 0 bridgehead atoms. The van der Waals surface area contributed by atoms with E-state index in [2.05, 4.69) is 10.3 Å². The Morgan fingerprint density at radius 2 is 1.59 bits per heavy atom. The van der Waals surface area contributed by atoms with Crippen molar-refractivity contribution in [1.29, 1.82) is 0 Å². The van der Waals surface area contributed by atoms with Gasteiger partial charge in [0.1, 0.15) is 23.6 Å². The largest absolute Gasteiger partial charge is 0.444 e. The molecule has 12 nitrogen and oxygen atoms in total. The van der Waals surface area contributed by atoms with E-state index in [1.807, 2.05) is 0 Å². The number of hydroxylamine groups is 2. The third-order valence-electron chi connectivity index (χ3n) is 3.82. The fraction of sp³-hybridized carbons (Fsp3) is 0.600. The standard InChI is InChI=1S/C20H28N4O8/c1-19(2,3)30-17(28)22-13(16(27)32-24-14(25)7-8-15(24)26)9-12-10-23(11-21-12)18(29)31-20(4,5)6/h10-11,13H,7-9H2,1-6H3,(H,22,28)/t13-/m0/s1. The first-order chi connectivity index (χ1) is 14.6. The molecule has 1 N–H and O–H groups in total. The molecule has 2 heterocycles. The third kappa shape index (κ3) is 7.36. The first-order valence-corrected chi connectivity index (χ1v) is 9.98. The normalized spacial score (nSPS) is 15.4. The van der Waals surface area contributed by atoms with Gasteiger partial charge in [-0.15, -0.1) is 5.06 Å². The number of hydrogen-bond donors (Lipinski definition) is 1. The van der Waals surface area contributed by atoms with Gasteiger partial charge in [0.2, 0.25) is 0 Å². The highest BCUT2D eigenvalue weighted by Gasteiger charge is 2.36. The quantitative estimate of drug-likeness (QED) is 0.660. The molecule has 32 heavy (non-hydrogen) atoms. The molecule has 0 saturated carbocycles. The molecule has 1 aromatic rings. The van der Waals surface area contributed by atoms with E-state index in [4.69, 9.17) is 14.3 Å². The number of nitrogens with one attached hydrogen (secondary N) is 1. The Bertz CT molecular complexity index is 893. The summed E-state index contributed by atoms with van der Waals surface area (Å²) in [4.78, 5) is 69.5. The number of hydrogen-bond acceptors (Lipinski definition) is 9. The van der Waals surface area contributed by atoms with Gasteiger partial charge in [0.05, 0.1) is 5.69 Å². The van der Waals surface area contributed by atoms with E-state index in [-0.39, 0.29) is 25.0 Å². The van der Waals surface area contributed by atoms with Crippen molar-refractivity contribution in [1.82, 2.24) is 19.9 Å². The number of amides is 3. The Balaban J connectivity index is 2.16. The van der Waals surface area contributed by atoms with Crippen LogP contribution in [-0.4, -0.2) is 61.8 Å². The second-order valence-corrected chi connectivity index (χ2v) is 9.15. The van der Waals surface area contributed by atoms with Gasteiger partial charge in [-0.1, -0.05) is 0 Å². The van der Waals surface area contributed by atoms with Crippen molar-refractivity contribution in [3.05, 3.63) is 18.2 Å². The molecule has 12 heteroatoms. The van der Waals surface area contributed by atoms with Gasteiger partial charge < -0.3 is 19.6 Å². The van der Waals surface area contributed by atoms with Gasteiger partial charge in [-0.2, -0.15) is 0 Å². The van der Waals surface area contributed by atoms with Crippen LogP contribution in [0.5, 0.6) is 0 Å². The average Bonchev–Trinajstić information content (AvgIpc) is 3.20. The van der Waals surface area contributed by atoms with Crippen molar-refractivity contribution in [2.45, 2.75) is 78.0 Å². The minimum absolute atomic E-state index is 0.0728. The van der Waals surface area contributed by atoms with Crippen molar-refractivity contribution in [2.24, 2.45) is 0 Å². The number of imidazole rings is 1. The molecule has 1 aromatic heterocycles. The molecule has 176 valence electrons. The molecule has 2 rings (SSSR count). The number of imide groups is 1. The molecule has 0 radical (unpaired) electrons. The highest BCUT2D eigenvalue weighted by atomic mass is 16.7. The lowest BCUT2D eigenvalue weighted by Crippen LogP contribution is -2.48. The zero-order valence-electron chi connectivity index (χ0n) is 19.0. The van der Waals surface area contributed by atoms with Crippen molar-refractivity contribution in [3.63, 3.8) is 0 Å². The van der Waals surface area contributed by atoms with Crippen LogP contribution < -0.4 is 5.32 Å². The summed E-state index contributed by atoms with van der Waals surface area (Å²) in [5, 5.41) is 2.73. The Hall–Kier alpha value is -3.44. The van der Waals surface area contributed by atoms with E-state index >= 15 is 0 Å². The number of nitrogens with zero attached hydrogens (tertiary/aromatic N) is 3. The minimum atomic E-state index is -1.35. The molecule has 1 saturated heterocycles. The predicted octanol–water partition coefficient (Wildman–Crippen LogP) is 1.71. The second-order valence-electron chi connectivity index (χ2n) is 9.15. The number of carbonyl (C=O) groups is 5. The lowest BCUT2D eigenvalue weighted by molar-refractivity contribution is -0.198. The van der Waals surface area contributed by atoms with Gasteiger partial charge in [0.25, 0.3) is 11.8 Å². The molecular formula is C20H28N4O8. The van der Waals surface area contributed by atoms with Crippen LogP contribution in [-0.2, 0) is 35.1 Å². The van der Waals surface area contributed by atoms with Crippen LogP contribution in [0.1, 0.15) is 60.1 Å². The Morgan fingerprint density at radius 1 is 1.03 bits per heavy atom. The van der Waals surface area contributed by atoms with E-state index in [1.54, 1.807) is 41.5 Å². The van der Waals surface area contributed by atoms with Crippen molar-refractivity contribution in [3.8, 4) is 0 Å². The minimum Gasteiger partial charge on any atom is -0.444 e. The summed E-state index contributed by atoms with van der Waals surface area (Å²) in [7, 11) is 0. The van der Waals surface area contributed by atoms with Crippen LogP contribution in [0.3, 0.4) is 0 Å². The summed E-state index contributed by atoms with van der Waals surface area (Å²) in [6.45, 7) is 10.1. The van der Waals surface area contributed by atoms with Gasteiger partial charge in [-0.05, 0) is 41.5 Å². The Labute approximate surface area is 185 Å². The van der Waals surface area contributed by atoms with Crippen LogP contribution >= 0.6 is 0 Å². The Kier molecular flexibility index (Phi) is 7.27. The lowest BCUT2D eigenvalue weighted by Gasteiger charge is -2.23. The number of rotatable bonds is 5. The molecule has 0 aliphatic carbocycles. The van der Waals surface area contributed by atoms with Gasteiger partial charge >= 0.3 is 18.2 Å². The summed E-state index contributed by atoms with van der Waals surface area (Å²) < 4.78 is 11.5. The summed E-state index contributed by atoms with van der Waals surface area (Å²) in [5.74, 6) is -2.38. The molecule has 1 aliphatic heterocycles. The van der Waals surface area contributed by atoms with Crippen molar-refractivity contribution in [2.75, 3.05) is 0 Å². The van der Waals surface area contributed by atoms with Crippen LogP contribution in [0, 0.1) is 0 Å². The average molecular weight is 452 g/mol. The molecule has 1 aliphatic rings. The number of aromatic nitrogens is 2. The van der Waals surface area contributed by atoms with Crippen molar-refractivity contribution < 1.29 is 38.3 Å². The first-order valence-electron chi connectivity index (χ1n) is 9.98. The predicted molar refractivity (Wildman–Crippen MR) is 108 cm³/mol. The molecule has 0 aromatic carbocycles. The summed E-state index contributed by atoms with van der Waals surface area (Å²) in [6, 6.07) is -1.35. The third-order valence-corrected chi connectivity index (χ3v) is 3.82. The maximum Gasteiger partial charge on any atom is 0.419 e. The SMILES string of the molecule is CC(C)(C)OC(=O)N[C@@H](Cc1cn(C(=O)OC(C)(C)C)cn1)C(=O)ON1C(=O)CCC1=O. The molecule has 1 atom stereocenters. The van der Waals surface area contributed by atoms with Crippen LogP contribution in [0.4, 0.5) is 9.59 Å². The fourth-order valence-electron chi connectivity index (χ4n) is 2.55. The maximum atomic E-state index is 12.7. The lowest BCUT2D eigenvalue weighted by atomic mass is 10.1. The second kappa shape index (κ2) is 9.37. The molecular weight excluding hydrogens is 424 g/mol. The Morgan fingerprint density at radius 3 is 2.12 bits per heavy atom. The van der Waals surface area contributed by atoms with Crippen LogP contribution in [0.25, 0.3) is 0 Å². The van der Waals surface area contributed by atoms with E-state index in [0.29, 0.717) is 5.06 Å². The summed E-state index contributed by atoms with van der Waals surface area (Å²) in [6.07, 6.45) is 0.593. The highest BCUT2D eigenvalue weighted by molar-refractivity contribution is 6.01. The van der Waals surface area contributed by atoms with Gasteiger partial charge in [-0.25, -0.2) is 23.9 Å². The number of alkyl carbamates (subject to hydrolysis) is 1. The van der Waals surface area contributed by atoms with E-state index in [0.717, 1.165) is 4.57 Å². The van der Waals surface area contributed by atoms with Crippen LogP contribution in [0.15, 0.2) is 12.5 Å². The van der Waals surface area contributed by atoms with E-state index < -0.39 is 47.2 Å². The van der Waals surface area contributed by atoms with Gasteiger partial charge in [0, 0.05) is 25.5 Å². The summed E-state index contributed by atoms with van der Waals surface area (Å²) >= 11 is 0. The smallest absolute Gasteiger partial charge is 0.419 e. The fourth-order valence-corrected chi connectivity index (χ4v) is 2.55. The van der Waals surface area contributed by atoms with Gasteiger partial charge in [-0.3, -0.25) is 9.59 Å². The summed E-state index contributed by atoms with van der Waals surface area (Å²) in [5.41, 5.74) is -1.31. The molecule has 1 fully saturated rings. The molecule has 3 amide bonds. The van der Waals surface area contributed by atoms with Gasteiger partial charge in [0.15, 0.2) is 0 Å². The first kappa shape index (κ1) is 24.8. The zero-order chi connectivity index (χ0) is 24.3. The van der Waals surface area contributed by atoms with E-state index in [1.165, 1.54) is 12.5 Å². The maximum absolute atomic E-state index is 12.7. The molecule has 0 spiro atoms. The molecule has 0 unspecified atom stereocenters. The highest BCUT2D eigenvalue weighted by Crippen LogP contribution is 2.15. The van der Waals surface area contributed by atoms with E-state index in [9.17, 15) is 24.0 Å². The zero-order valence-corrected chi connectivity index (χ0v) is 19.0. The topological polar surface area (TPSA) is 146 Å². The number of carbonyl (C=O) groups excluding carboxylic acids is 5. The monoisotopic (exact) mass is 452 g/mol. The van der Waals surface area contributed by atoms with Crippen LogP contribution in [0.2, 0.25) is 0 Å². The number of ether oxygens (including phenoxy) is 2. The van der Waals surface area contributed by atoms with Crippen molar-refractivity contribution >= 4 is 30.0 Å².